The van der Waals surface area contributed by atoms with Crippen LogP contribution in [0.25, 0.3) is 0 Å². The molecule has 0 radical (unpaired) electrons. The van der Waals surface area contributed by atoms with Gasteiger partial charge in [-0.2, -0.15) is 0 Å². The highest BCUT2D eigenvalue weighted by atomic mass is 16.5. The second kappa shape index (κ2) is 3.37. The Morgan fingerprint density at radius 2 is 1.67 bits per heavy atom. The predicted octanol–water partition coefficient (Wildman–Crippen LogP) is 2.85. The zero-order valence-corrected chi connectivity index (χ0v) is 8.25. The van der Waals surface area contributed by atoms with Gasteiger partial charge in [0.05, 0.1) is 6.10 Å². The highest BCUT2D eigenvalue weighted by Crippen LogP contribution is 2.41. The molecule has 0 spiro atoms. The third kappa shape index (κ3) is 1.39. The van der Waals surface area contributed by atoms with Crippen molar-refractivity contribution in [3.8, 4) is 0 Å². The lowest BCUT2D eigenvalue weighted by atomic mass is 9.69. The molecule has 4 atom stereocenters. The number of hydrogen-bond donors (Lipinski definition) is 0. The Bertz CT molecular complexity index is 137. The van der Waals surface area contributed by atoms with Crippen LogP contribution >= 0.6 is 0 Å². The van der Waals surface area contributed by atoms with E-state index in [4.69, 9.17) is 4.74 Å². The van der Waals surface area contributed by atoms with Crippen molar-refractivity contribution in [1.82, 2.24) is 0 Å². The Labute approximate surface area is 75.5 Å². The van der Waals surface area contributed by atoms with Crippen LogP contribution in [-0.2, 0) is 4.74 Å². The first-order chi connectivity index (χ1) is 5.79. The summed E-state index contributed by atoms with van der Waals surface area (Å²) >= 11 is 0. The van der Waals surface area contributed by atoms with Crippen molar-refractivity contribution in [3.63, 3.8) is 0 Å². The Morgan fingerprint density at radius 3 is 2.33 bits per heavy atom. The molecule has 4 unspecified atom stereocenters. The van der Waals surface area contributed by atoms with Crippen molar-refractivity contribution in [2.45, 2.75) is 45.6 Å². The molecule has 0 aromatic heterocycles. The predicted molar refractivity (Wildman–Crippen MR) is 50.0 cm³/mol. The molecule has 1 aliphatic heterocycles. The summed E-state index contributed by atoms with van der Waals surface area (Å²) in [4.78, 5) is 0. The van der Waals surface area contributed by atoms with Gasteiger partial charge in [0, 0.05) is 6.61 Å². The van der Waals surface area contributed by atoms with Crippen LogP contribution in [0.2, 0.25) is 0 Å². The van der Waals surface area contributed by atoms with Gasteiger partial charge in [-0.25, -0.2) is 0 Å². The zero-order valence-electron chi connectivity index (χ0n) is 8.25. The lowest BCUT2D eigenvalue weighted by Crippen LogP contribution is -2.41. The summed E-state index contributed by atoms with van der Waals surface area (Å²) in [6.07, 6.45) is 6.29. The van der Waals surface area contributed by atoms with Crippen LogP contribution < -0.4 is 0 Å². The zero-order chi connectivity index (χ0) is 8.55. The quantitative estimate of drug-likeness (QED) is 0.540. The molecule has 0 N–H and O–H groups in total. The van der Waals surface area contributed by atoms with E-state index in [2.05, 4.69) is 13.8 Å². The Balaban J connectivity index is 2.05. The van der Waals surface area contributed by atoms with Gasteiger partial charge in [0.1, 0.15) is 0 Å². The molecule has 1 aliphatic carbocycles. The maximum atomic E-state index is 5.76. The molecule has 0 aromatic carbocycles. The van der Waals surface area contributed by atoms with Crippen molar-refractivity contribution in [3.05, 3.63) is 0 Å². The first-order valence-electron chi connectivity index (χ1n) is 5.40. The largest absolute Gasteiger partial charge is 0.378 e. The Hall–Kier alpha value is -0.0400. The highest BCUT2D eigenvalue weighted by Gasteiger charge is 2.37. The minimum atomic E-state index is 0.534. The van der Waals surface area contributed by atoms with Crippen molar-refractivity contribution in [1.29, 1.82) is 0 Å². The molecule has 1 saturated heterocycles. The molecule has 0 bridgehead atoms. The van der Waals surface area contributed by atoms with Crippen LogP contribution in [0.4, 0.5) is 0 Å². The fourth-order valence-electron chi connectivity index (χ4n) is 3.03. The molecule has 2 fully saturated rings. The molecule has 1 heteroatoms. The lowest BCUT2D eigenvalue weighted by Gasteiger charge is -2.43. The van der Waals surface area contributed by atoms with Crippen LogP contribution in [-0.4, -0.2) is 12.7 Å². The second-order valence-electron chi connectivity index (χ2n) is 4.63. The summed E-state index contributed by atoms with van der Waals surface area (Å²) in [6, 6.07) is 0. The first kappa shape index (κ1) is 8.55. The van der Waals surface area contributed by atoms with Crippen molar-refractivity contribution in [2.75, 3.05) is 6.61 Å². The van der Waals surface area contributed by atoms with Gasteiger partial charge in [-0.05, 0) is 37.5 Å². The lowest BCUT2D eigenvalue weighted by molar-refractivity contribution is -0.0918. The normalized spacial score (nSPS) is 48.5. The molecule has 0 amide bonds. The summed E-state index contributed by atoms with van der Waals surface area (Å²) in [7, 11) is 0. The van der Waals surface area contributed by atoms with E-state index in [0.29, 0.717) is 6.10 Å². The molecule has 1 saturated carbocycles. The third-order valence-electron chi connectivity index (χ3n) is 3.83. The fraction of sp³-hybridized carbons (Fsp3) is 1.00. The first-order valence-corrected chi connectivity index (χ1v) is 5.40. The smallest absolute Gasteiger partial charge is 0.0578 e. The van der Waals surface area contributed by atoms with Gasteiger partial charge in [-0.3, -0.25) is 0 Å². The van der Waals surface area contributed by atoms with E-state index in [1.165, 1.54) is 25.7 Å². The van der Waals surface area contributed by atoms with E-state index in [9.17, 15) is 0 Å². The van der Waals surface area contributed by atoms with Crippen LogP contribution in [0.15, 0.2) is 0 Å². The molecule has 2 aliphatic rings. The molecule has 1 nitrogen and oxygen atoms in total. The van der Waals surface area contributed by atoms with Gasteiger partial charge in [0.25, 0.3) is 0 Å². The van der Waals surface area contributed by atoms with Crippen molar-refractivity contribution >= 4 is 0 Å². The van der Waals surface area contributed by atoms with E-state index in [0.717, 1.165) is 24.4 Å². The number of fused-ring (bicyclic) bond motifs is 1. The van der Waals surface area contributed by atoms with Crippen LogP contribution in [0, 0.1) is 17.8 Å². The topological polar surface area (TPSA) is 9.23 Å². The molecular weight excluding hydrogens is 148 g/mol. The summed E-state index contributed by atoms with van der Waals surface area (Å²) in [6.45, 7) is 5.62. The number of hydrogen-bond acceptors (Lipinski definition) is 1. The van der Waals surface area contributed by atoms with Gasteiger partial charge >= 0.3 is 0 Å². The number of ether oxygens (including phenoxy) is 1. The van der Waals surface area contributed by atoms with E-state index in [-0.39, 0.29) is 0 Å². The molecule has 70 valence electrons. The SMILES string of the molecule is CC1COC(C)C2CCCCC12. The molecular formula is C11H20O. The minimum Gasteiger partial charge on any atom is -0.378 e. The summed E-state index contributed by atoms with van der Waals surface area (Å²) in [5.41, 5.74) is 0. The van der Waals surface area contributed by atoms with E-state index < -0.39 is 0 Å². The minimum absolute atomic E-state index is 0.534. The maximum Gasteiger partial charge on any atom is 0.0578 e. The summed E-state index contributed by atoms with van der Waals surface area (Å²) < 4.78 is 5.76. The van der Waals surface area contributed by atoms with Gasteiger partial charge in [0.2, 0.25) is 0 Å². The Morgan fingerprint density at radius 1 is 1.00 bits per heavy atom. The second-order valence-corrected chi connectivity index (χ2v) is 4.63. The molecule has 1 heterocycles. The van der Waals surface area contributed by atoms with Crippen molar-refractivity contribution in [2.24, 2.45) is 17.8 Å². The summed E-state index contributed by atoms with van der Waals surface area (Å²) in [5.74, 6) is 2.66. The average Bonchev–Trinajstić information content (AvgIpc) is 2.12. The molecule has 12 heavy (non-hydrogen) atoms. The molecule has 2 rings (SSSR count). The van der Waals surface area contributed by atoms with Crippen LogP contribution in [0.1, 0.15) is 39.5 Å². The van der Waals surface area contributed by atoms with Gasteiger partial charge in [-0.1, -0.05) is 19.8 Å². The Kier molecular flexibility index (Phi) is 2.40. The average molecular weight is 168 g/mol. The van der Waals surface area contributed by atoms with Gasteiger partial charge in [-0.15, -0.1) is 0 Å². The van der Waals surface area contributed by atoms with E-state index >= 15 is 0 Å². The highest BCUT2D eigenvalue weighted by molar-refractivity contribution is 4.85. The summed E-state index contributed by atoms with van der Waals surface area (Å²) in [5, 5.41) is 0. The maximum absolute atomic E-state index is 5.76. The van der Waals surface area contributed by atoms with Crippen LogP contribution in [0.3, 0.4) is 0 Å². The number of rotatable bonds is 0. The van der Waals surface area contributed by atoms with Crippen molar-refractivity contribution < 1.29 is 4.74 Å². The monoisotopic (exact) mass is 168 g/mol. The van der Waals surface area contributed by atoms with E-state index in [1.807, 2.05) is 0 Å². The molecule has 0 aromatic rings. The standard InChI is InChI=1S/C11H20O/c1-8-7-12-9(2)11-6-4-3-5-10(8)11/h8-11H,3-7H2,1-2H3. The fourth-order valence-corrected chi connectivity index (χ4v) is 3.03. The van der Waals surface area contributed by atoms with Crippen LogP contribution in [0.5, 0.6) is 0 Å². The van der Waals surface area contributed by atoms with E-state index in [1.54, 1.807) is 0 Å². The van der Waals surface area contributed by atoms with Gasteiger partial charge < -0.3 is 4.74 Å². The van der Waals surface area contributed by atoms with Gasteiger partial charge in [0.15, 0.2) is 0 Å². The third-order valence-corrected chi connectivity index (χ3v) is 3.83.